The molecule has 0 radical (unpaired) electrons. The molecule has 1 fully saturated rings. The number of aromatic nitrogens is 1. The van der Waals surface area contributed by atoms with Crippen LogP contribution in [0.3, 0.4) is 0 Å². The summed E-state index contributed by atoms with van der Waals surface area (Å²) >= 11 is 0. The molecule has 0 spiro atoms. The number of ether oxygens (including phenoxy) is 1. The van der Waals surface area contributed by atoms with Crippen molar-refractivity contribution in [3.8, 4) is 5.75 Å². The smallest absolute Gasteiger partial charge is 0.248 e. The minimum absolute atomic E-state index is 0.0497. The first-order chi connectivity index (χ1) is 12.3. The molecule has 2 heterocycles. The van der Waals surface area contributed by atoms with E-state index in [2.05, 4.69) is 5.16 Å². The Morgan fingerprint density at radius 2 is 1.96 bits per heavy atom. The average molecular weight is 378 g/mol. The van der Waals surface area contributed by atoms with Crippen LogP contribution >= 0.6 is 0 Å². The van der Waals surface area contributed by atoms with Crippen LogP contribution in [0.2, 0.25) is 0 Å². The fourth-order valence-corrected chi connectivity index (χ4v) is 5.15. The number of carbonyl (C=O) groups excluding carboxylic acids is 1. The molecule has 0 saturated carbocycles. The van der Waals surface area contributed by atoms with Crippen molar-refractivity contribution in [2.24, 2.45) is 5.92 Å². The molecule has 26 heavy (non-hydrogen) atoms. The van der Waals surface area contributed by atoms with Crippen molar-refractivity contribution in [1.29, 1.82) is 0 Å². The Morgan fingerprint density at radius 1 is 1.27 bits per heavy atom. The summed E-state index contributed by atoms with van der Waals surface area (Å²) in [5.74, 6) is 0.526. The summed E-state index contributed by atoms with van der Waals surface area (Å²) in [5.41, 5.74) is 0.901. The Hall–Kier alpha value is -2.19. The maximum Gasteiger partial charge on any atom is 0.248 e. The Kier molecular flexibility index (Phi) is 5.15. The Balaban J connectivity index is 1.81. The summed E-state index contributed by atoms with van der Waals surface area (Å²) in [5, 5.41) is 3.74. The van der Waals surface area contributed by atoms with Crippen LogP contribution in [-0.4, -0.2) is 43.9 Å². The van der Waals surface area contributed by atoms with E-state index in [9.17, 15) is 13.2 Å². The molecule has 0 N–H and O–H groups in total. The molecule has 7 nitrogen and oxygen atoms in total. The molecule has 2 aromatic rings. The lowest BCUT2D eigenvalue weighted by atomic mass is 9.91. The molecule has 1 saturated heterocycles. The highest BCUT2D eigenvalue weighted by molar-refractivity contribution is 7.89. The molecule has 1 aromatic heterocycles. The molecule has 140 valence electrons. The SMILES string of the molecule is COc1ccc(C(=O)C2CCCN(S(=O)(=O)c3c(C)noc3C)C2)cc1. The molecule has 1 unspecified atom stereocenters. The van der Waals surface area contributed by atoms with Gasteiger partial charge in [0.1, 0.15) is 16.3 Å². The van der Waals surface area contributed by atoms with E-state index in [-0.39, 0.29) is 28.9 Å². The Morgan fingerprint density at radius 3 is 2.54 bits per heavy atom. The van der Waals surface area contributed by atoms with E-state index in [0.717, 1.165) is 0 Å². The highest BCUT2D eigenvalue weighted by Crippen LogP contribution is 2.29. The first kappa shape index (κ1) is 18.6. The molecule has 3 rings (SSSR count). The van der Waals surface area contributed by atoms with Crippen LogP contribution in [0.25, 0.3) is 0 Å². The van der Waals surface area contributed by atoms with Crippen LogP contribution in [0.5, 0.6) is 5.75 Å². The zero-order valence-corrected chi connectivity index (χ0v) is 15.9. The monoisotopic (exact) mass is 378 g/mol. The number of rotatable bonds is 5. The standard InChI is InChI=1S/C18H22N2O5S/c1-12-18(13(2)25-19-12)26(22,23)20-10-4-5-15(11-20)17(21)14-6-8-16(24-3)9-7-14/h6-9,15H,4-5,10-11H2,1-3H3. The summed E-state index contributed by atoms with van der Waals surface area (Å²) in [4.78, 5) is 12.9. The zero-order chi connectivity index (χ0) is 18.9. The third kappa shape index (κ3) is 3.39. The summed E-state index contributed by atoms with van der Waals surface area (Å²) in [6.45, 7) is 3.74. The van der Waals surface area contributed by atoms with E-state index < -0.39 is 10.0 Å². The molecule has 0 bridgehead atoms. The second-order valence-electron chi connectivity index (χ2n) is 6.45. The lowest BCUT2D eigenvalue weighted by Gasteiger charge is -2.31. The number of carbonyl (C=O) groups is 1. The summed E-state index contributed by atoms with van der Waals surface area (Å²) in [6.07, 6.45) is 1.30. The number of methoxy groups -OCH3 is 1. The van der Waals surface area contributed by atoms with Gasteiger partial charge >= 0.3 is 0 Å². The largest absolute Gasteiger partial charge is 0.497 e. The fraction of sp³-hybridized carbons (Fsp3) is 0.444. The van der Waals surface area contributed by atoms with Crippen LogP contribution < -0.4 is 4.74 Å². The fourth-order valence-electron chi connectivity index (χ4n) is 3.34. The molecule has 0 amide bonds. The van der Waals surface area contributed by atoms with Gasteiger partial charge < -0.3 is 9.26 Å². The van der Waals surface area contributed by atoms with Crippen molar-refractivity contribution < 1.29 is 22.5 Å². The molecule has 8 heteroatoms. The summed E-state index contributed by atoms with van der Waals surface area (Å²) in [6, 6.07) is 6.88. The van der Waals surface area contributed by atoms with Gasteiger partial charge in [0.05, 0.1) is 7.11 Å². The second-order valence-corrected chi connectivity index (χ2v) is 8.32. The molecule has 1 atom stereocenters. The van der Waals surface area contributed by atoms with Gasteiger partial charge in [-0.1, -0.05) is 5.16 Å². The number of ketones is 1. The Labute approximate surface area is 153 Å². The predicted octanol–water partition coefficient (Wildman–Crippen LogP) is 2.58. The maximum absolute atomic E-state index is 13.0. The van der Waals surface area contributed by atoms with Crippen molar-refractivity contribution in [1.82, 2.24) is 9.46 Å². The van der Waals surface area contributed by atoms with Gasteiger partial charge in [0.2, 0.25) is 10.0 Å². The lowest BCUT2D eigenvalue weighted by Crippen LogP contribution is -2.42. The molecule has 1 aliphatic rings. The number of nitrogens with zero attached hydrogens (tertiary/aromatic N) is 2. The summed E-state index contributed by atoms with van der Waals surface area (Å²) < 4.78 is 37.4. The number of piperidine rings is 1. The molecule has 0 aliphatic carbocycles. The topological polar surface area (TPSA) is 89.7 Å². The van der Waals surface area contributed by atoms with Gasteiger partial charge in [-0.2, -0.15) is 4.31 Å². The van der Waals surface area contributed by atoms with Crippen molar-refractivity contribution in [2.75, 3.05) is 20.2 Å². The normalized spacial score (nSPS) is 18.7. The van der Waals surface area contributed by atoms with Gasteiger partial charge in [-0.05, 0) is 51.0 Å². The van der Waals surface area contributed by atoms with Crippen LogP contribution in [0.1, 0.15) is 34.7 Å². The van der Waals surface area contributed by atoms with E-state index in [1.54, 1.807) is 45.2 Å². The quantitative estimate of drug-likeness (QED) is 0.743. The lowest BCUT2D eigenvalue weighted by molar-refractivity contribution is 0.0872. The highest BCUT2D eigenvalue weighted by atomic mass is 32.2. The van der Waals surface area contributed by atoms with Crippen molar-refractivity contribution in [3.05, 3.63) is 41.3 Å². The van der Waals surface area contributed by atoms with Gasteiger partial charge in [0, 0.05) is 24.6 Å². The minimum atomic E-state index is -3.73. The summed E-state index contributed by atoms with van der Waals surface area (Å²) in [7, 11) is -2.17. The van der Waals surface area contributed by atoms with Crippen LogP contribution in [0.15, 0.2) is 33.7 Å². The van der Waals surface area contributed by atoms with Gasteiger partial charge in [0.25, 0.3) is 0 Å². The van der Waals surface area contributed by atoms with Crippen molar-refractivity contribution in [3.63, 3.8) is 0 Å². The van der Waals surface area contributed by atoms with Crippen molar-refractivity contribution >= 4 is 15.8 Å². The van der Waals surface area contributed by atoms with E-state index in [1.165, 1.54) is 4.31 Å². The first-order valence-electron chi connectivity index (χ1n) is 8.46. The molecule has 1 aromatic carbocycles. The van der Waals surface area contributed by atoms with Gasteiger partial charge in [-0.3, -0.25) is 4.79 Å². The zero-order valence-electron chi connectivity index (χ0n) is 15.1. The number of hydrogen-bond donors (Lipinski definition) is 0. The predicted molar refractivity (Wildman–Crippen MR) is 94.8 cm³/mol. The van der Waals surface area contributed by atoms with Gasteiger partial charge in [-0.25, -0.2) is 8.42 Å². The molecular weight excluding hydrogens is 356 g/mol. The van der Waals surface area contributed by atoms with Crippen LogP contribution in [-0.2, 0) is 10.0 Å². The average Bonchev–Trinajstić information content (AvgIpc) is 3.00. The number of aryl methyl sites for hydroxylation is 2. The number of benzene rings is 1. The van der Waals surface area contributed by atoms with E-state index >= 15 is 0 Å². The van der Waals surface area contributed by atoms with Crippen LogP contribution in [0, 0.1) is 19.8 Å². The highest BCUT2D eigenvalue weighted by Gasteiger charge is 2.36. The van der Waals surface area contributed by atoms with Crippen LogP contribution in [0.4, 0.5) is 0 Å². The maximum atomic E-state index is 13.0. The molecular formula is C18H22N2O5S. The molecule has 1 aliphatic heterocycles. The van der Waals surface area contributed by atoms with Crippen molar-refractivity contribution in [2.45, 2.75) is 31.6 Å². The number of hydrogen-bond acceptors (Lipinski definition) is 6. The van der Waals surface area contributed by atoms with E-state index in [1.807, 2.05) is 0 Å². The third-order valence-electron chi connectivity index (χ3n) is 4.70. The second kappa shape index (κ2) is 7.20. The van der Waals surface area contributed by atoms with Gasteiger partial charge in [-0.15, -0.1) is 0 Å². The Bertz CT molecular complexity index is 883. The van der Waals surface area contributed by atoms with Gasteiger partial charge in [0.15, 0.2) is 11.5 Å². The van der Waals surface area contributed by atoms with E-state index in [4.69, 9.17) is 9.26 Å². The number of Topliss-reactive ketones (excluding diaryl/α,β-unsaturated/α-hetero) is 1. The minimum Gasteiger partial charge on any atom is -0.497 e. The first-order valence-corrected chi connectivity index (χ1v) is 9.90. The third-order valence-corrected chi connectivity index (χ3v) is 6.81. The number of sulfonamides is 1. The van der Waals surface area contributed by atoms with E-state index in [0.29, 0.717) is 36.4 Å².